The summed E-state index contributed by atoms with van der Waals surface area (Å²) in [4.78, 5) is 21.8. The maximum absolute atomic E-state index is 11.5. The molecule has 1 saturated carbocycles. The maximum atomic E-state index is 11.5. The fourth-order valence-electron chi connectivity index (χ4n) is 1.73. The van der Waals surface area contributed by atoms with Crippen molar-refractivity contribution < 1.29 is 19.8 Å². The smallest absolute Gasteiger partial charge is 0.334 e. The summed E-state index contributed by atoms with van der Waals surface area (Å²) in [6.07, 6.45) is 0.919. The molecule has 0 radical (unpaired) electrons. The summed E-state index contributed by atoms with van der Waals surface area (Å²) in [7, 11) is 0. The molecule has 3 atom stereocenters. The monoisotopic (exact) mass is 216 g/mol. The number of nitrogens with one attached hydrogen (secondary N) is 1. The van der Waals surface area contributed by atoms with E-state index in [1.54, 1.807) is 0 Å². The van der Waals surface area contributed by atoms with Crippen LogP contribution in [-0.2, 0) is 9.59 Å². The lowest BCUT2D eigenvalue weighted by Crippen LogP contribution is -2.43. The van der Waals surface area contributed by atoms with Gasteiger partial charge in [0, 0.05) is 6.04 Å². The molecule has 1 amide bonds. The third-order valence-corrected chi connectivity index (χ3v) is 2.66. The highest BCUT2D eigenvalue weighted by Crippen LogP contribution is 2.23. The predicted octanol–water partition coefficient (Wildman–Crippen LogP) is -1.32. The molecule has 0 aromatic heterocycles. The van der Waals surface area contributed by atoms with Crippen LogP contribution in [0, 0.1) is 5.92 Å². The molecule has 1 aliphatic rings. The Labute approximate surface area is 87.5 Å². The number of hydrogen-bond acceptors (Lipinski definition) is 4. The Kier molecular flexibility index (Phi) is 4.05. The molecular weight excluding hydrogens is 200 g/mol. The molecule has 86 valence electrons. The van der Waals surface area contributed by atoms with Gasteiger partial charge in [0.15, 0.2) is 6.10 Å². The number of aliphatic hydroxyl groups is 1. The first-order valence-electron chi connectivity index (χ1n) is 4.96. The molecule has 6 nitrogen and oxygen atoms in total. The van der Waals surface area contributed by atoms with E-state index in [4.69, 9.17) is 15.9 Å². The van der Waals surface area contributed by atoms with Gasteiger partial charge in [0.05, 0.1) is 12.5 Å². The van der Waals surface area contributed by atoms with Gasteiger partial charge in [0.2, 0.25) is 5.91 Å². The fraction of sp³-hybridized carbons (Fsp3) is 0.778. The van der Waals surface area contributed by atoms with Crippen molar-refractivity contribution in [2.24, 2.45) is 11.7 Å². The number of hydrogen-bond donors (Lipinski definition) is 4. The fourth-order valence-corrected chi connectivity index (χ4v) is 1.73. The number of amides is 1. The van der Waals surface area contributed by atoms with Gasteiger partial charge in [-0.2, -0.15) is 0 Å². The van der Waals surface area contributed by atoms with Crippen molar-refractivity contribution in [1.82, 2.24) is 5.32 Å². The molecule has 0 heterocycles. The van der Waals surface area contributed by atoms with E-state index in [-0.39, 0.29) is 24.4 Å². The van der Waals surface area contributed by atoms with Crippen LogP contribution in [0.3, 0.4) is 0 Å². The zero-order valence-corrected chi connectivity index (χ0v) is 8.35. The first-order valence-corrected chi connectivity index (χ1v) is 4.96. The van der Waals surface area contributed by atoms with Crippen molar-refractivity contribution in [2.75, 3.05) is 6.54 Å². The van der Waals surface area contributed by atoms with Crippen LogP contribution in [0.2, 0.25) is 0 Å². The van der Waals surface area contributed by atoms with Crippen molar-refractivity contribution in [1.29, 1.82) is 0 Å². The summed E-state index contributed by atoms with van der Waals surface area (Å²) in [6, 6.07) is -0.146. The number of carbonyl (C=O) groups is 2. The second-order valence-corrected chi connectivity index (χ2v) is 3.80. The first kappa shape index (κ1) is 11.9. The minimum absolute atomic E-state index is 0.146. The zero-order chi connectivity index (χ0) is 11.4. The Hall–Kier alpha value is -1.14. The van der Waals surface area contributed by atoms with Crippen LogP contribution in [0.25, 0.3) is 0 Å². The van der Waals surface area contributed by atoms with Gasteiger partial charge in [-0.1, -0.05) is 6.42 Å². The molecule has 15 heavy (non-hydrogen) atoms. The Morgan fingerprint density at radius 2 is 2.13 bits per heavy atom. The molecule has 5 N–H and O–H groups in total. The van der Waals surface area contributed by atoms with Crippen LogP contribution in [0.1, 0.15) is 19.3 Å². The van der Waals surface area contributed by atoms with E-state index in [1.165, 1.54) is 0 Å². The molecule has 2 unspecified atom stereocenters. The maximum Gasteiger partial charge on any atom is 0.334 e. The molecule has 6 heteroatoms. The van der Waals surface area contributed by atoms with E-state index in [2.05, 4.69) is 5.32 Å². The summed E-state index contributed by atoms with van der Waals surface area (Å²) in [5.74, 6) is -1.85. The lowest BCUT2D eigenvalue weighted by Gasteiger charge is -2.15. The summed E-state index contributed by atoms with van der Waals surface area (Å²) in [6.45, 7) is -0.266. The van der Waals surface area contributed by atoms with Crippen LogP contribution in [0.4, 0.5) is 0 Å². The minimum atomic E-state index is -1.55. The van der Waals surface area contributed by atoms with Crippen LogP contribution in [0.5, 0.6) is 0 Å². The Morgan fingerprint density at radius 1 is 1.47 bits per heavy atom. The largest absolute Gasteiger partial charge is 0.479 e. The van der Waals surface area contributed by atoms with Crippen LogP contribution >= 0.6 is 0 Å². The van der Waals surface area contributed by atoms with E-state index < -0.39 is 12.1 Å². The van der Waals surface area contributed by atoms with Crippen molar-refractivity contribution in [3.8, 4) is 0 Å². The van der Waals surface area contributed by atoms with Gasteiger partial charge in [-0.3, -0.25) is 4.79 Å². The van der Waals surface area contributed by atoms with Gasteiger partial charge in [0.25, 0.3) is 0 Å². The number of carboxylic acids is 1. The molecule has 0 aromatic carbocycles. The van der Waals surface area contributed by atoms with Gasteiger partial charge < -0.3 is 21.3 Å². The lowest BCUT2D eigenvalue weighted by atomic mass is 10.0. The first-order chi connectivity index (χ1) is 7.02. The van der Waals surface area contributed by atoms with Gasteiger partial charge in [0.1, 0.15) is 0 Å². The lowest BCUT2D eigenvalue weighted by molar-refractivity contribution is -0.146. The van der Waals surface area contributed by atoms with Crippen LogP contribution in [-0.4, -0.2) is 40.8 Å². The summed E-state index contributed by atoms with van der Waals surface area (Å²) >= 11 is 0. The second-order valence-electron chi connectivity index (χ2n) is 3.80. The minimum Gasteiger partial charge on any atom is -0.479 e. The quantitative estimate of drug-likeness (QED) is 0.465. The molecule has 0 bridgehead atoms. The van der Waals surface area contributed by atoms with Crippen molar-refractivity contribution in [3.05, 3.63) is 0 Å². The SMILES string of the molecule is NC1CCCC1C(=O)NC[C@H](O)C(=O)O. The van der Waals surface area contributed by atoms with Gasteiger partial charge in [-0.15, -0.1) is 0 Å². The van der Waals surface area contributed by atoms with Crippen molar-refractivity contribution in [3.63, 3.8) is 0 Å². The van der Waals surface area contributed by atoms with Gasteiger partial charge >= 0.3 is 5.97 Å². The number of aliphatic carboxylic acids is 1. The van der Waals surface area contributed by atoms with Gasteiger partial charge in [-0.05, 0) is 12.8 Å². The van der Waals surface area contributed by atoms with E-state index in [9.17, 15) is 9.59 Å². The molecule has 1 fully saturated rings. The molecule has 0 spiro atoms. The highest BCUT2D eigenvalue weighted by molar-refractivity contribution is 5.80. The second kappa shape index (κ2) is 5.09. The van der Waals surface area contributed by atoms with Crippen LogP contribution < -0.4 is 11.1 Å². The summed E-state index contributed by atoms with van der Waals surface area (Å²) in [5.41, 5.74) is 5.71. The Bertz CT molecular complexity index is 256. The summed E-state index contributed by atoms with van der Waals surface area (Å²) in [5, 5.41) is 19.7. The highest BCUT2D eigenvalue weighted by Gasteiger charge is 2.30. The Balaban J connectivity index is 2.32. The number of carboxylic acid groups (broad SMARTS) is 1. The molecule has 0 saturated heterocycles. The number of nitrogens with two attached hydrogens (primary N) is 1. The number of carbonyl (C=O) groups excluding carboxylic acids is 1. The average molecular weight is 216 g/mol. The normalized spacial score (nSPS) is 27.3. The topological polar surface area (TPSA) is 113 Å². The molecule has 0 aliphatic heterocycles. The number of rotatable bonds is 4. The van der Waals surface area contributed by atoms with E-state index in [0.717, 1.165) is 19.3 Å². The van der Waals surface area contributed by atoms with Crippen molar-refractivity contribution in [2.45, 2.75) is 31.4 Å². The third kappa shape index (κ3) is 3.17. The standard InChI is InChI=1S/C9H16N2O4/c10-6-3-1-2-5(6)8(13)11-4-7(12)9(14)15/h5-7,12H,1-4,10H2,(H,11,13)(H,14,15)/t5?,6?,7-/m0/s1. The van der Waals surface area contributed by atoms with E-state index >= 15 is 0 Å². The van der Waals surface area contributed by atoms with E-state index in [0.29, 0.717) is 0 Å². The molecule has 0 aromatic rings. The molecular formula is C9H16N2O4. The highest BCUT2D eigenvalue weighted by atomic mass is 16.4. The average Bonchev–Trinajstić information content (AvgIpc) is 2.60. The predicted molar refractivity (Wildman–Crippen MR) is 52.0 cm³/mol. The summed E-state index contributed by atoms with van der Waals surface area (Å²) < 4.78 is 0. The zero-order valence-electron chi connectivity index (χ0n) is 8.35. The molecule has 1 rings (SSSR count). The Morgan fingerprint density at radius 3 is 2.60 bits per heavy atom. The number of aliphatic hydroxyl groups excluding tert-OH is 1. The molecule has 1 aliphatic carbocycles. The van der Waals surface area contributed by atoms with Crippen LogP contribution in [0.15, 0.2) is 0 Å². The van der Waals surface area contributed by atoms with Crippen molar-refractivity contribution >= 4 is 11.9 Å². The van der Waals surface area contributed by atoms with E-state index in [1.807, 2.05) is 0 Å². The van der Waals surface area contributed by atoms with Gasteiger partial charge in [-0.25, -0.2) is 4.79 Å². The third-order valence-electron chi connectivity index (χ3n) is 2.66.